The molecule has 0 unspecified atom stereocenters. The van der Waals surface area contributed by atoms with Crippen LogP contribution in [0.5, 0.6) is 0 Å². The average molecular weight is 234 g/mol. The topological polar surface area (TPSA) is 68.3 Å². The number of carbonyl (C=O) groups is 2. The zero-order valence-electron chi connectivity index (χ0n) is 9.77. The van der Waals surface area contributed by atoms with Crippen molar-refractivity contribution in [2.75, 3.05) is 6.61 Å². The molecule has 1 amide bonds. The minimum Gasteiger partial charge on any atom is -0.463 e. The van der Waals surface area contributed by atoms with Crippen LogP contribution in [0.3, 0.4) is 0 Å². The van der Waals surface area contributed by atoms with Crippen LogP contribution in [-0.2, 0) is 9.53 Å². The highest BCUT2D eigenvalue weighted by atomic mass is 16.5. The molecule has 0 aromatic carbocycles. The summed E-state index contributed by atoms with van der Waals surface area (Å²) in [6.07, 6.45) is 4.29. The molecule has 0 aliphatic rings. The molecule has 0 aliphatic carbocycles. The number of rotatable bonds is 4. The zero-order valence-corrected chi connectivity index (χ0v) is 9.77. The highest BCUT2D eigenvalue weighted by molar-refractivity contribution is 5.95. The molecule has 1 heterocycles. The Morgan fingerprint density at radius 3 is 2.65 bits per heavy atom. The quantitative estimate of drug-likeness (QED) is 0.629. The molecule has 5 nitrogen and oxygen atoms in total. The normalized spacial score (nSPS) is 10.8. The number of esters is 1. The largest absolute Gasteiger partial charge is 0.463 e. The van der Waals surface area contributed by atoms with Gasteiger partial charge in [-0.2, -0.15) is 0 Å². The molecule has 17 heavy (non-hydrogen) atoms. The van der Waals surface area contributed by atoms with Crippen LogP contribution >= 0.6 is 0 Å². The highest BCUT2D eigenvalue weighted by Gasteiger charge is 2.05. The summed E-state index contributed by atoms with van der Waals surface area (Å²) in [5, 5.41) is 2.58. The third-order valence-corrected chi connectivity index (χ3v) is 1.87. The Hall–Kier alpha value is -2.17. The van der Waals surface area contributed by atoms with E-state index in [1.807, 2.05) is 0 Å². The summed E-state index contributed by atoms with van der Waals surface area (Å²) in [5.74, 6) is -0.759. The molecular weight excluding hydrogens is 220 g/mol. The van der Waals surface area contributed by atoms with Crippen molar-refractivity contribution >= 4 is 11.9 Å². The minimum absolute atomic E-state index is 0.287. The summed E-state index contributed by atoms with van der Waals surface area (Å²) in [4.78, 5) is 26.6. The van der Waals surface area contributed by atoms with Crippen molar-refractivity contribution in [1.82, 2.24) is 10.3 Å². The van der Waals surface area contributed by atoms with Crippen LogP contribution in [0, 0.1) is 0 Å². The van der Waals surface area contributed by atoms with Gasteiger partial charge in [0.1, 0.15) is 0 Å². The van der Waals surface area contributed by atoms with Crippen molar-refractivity contribution in [3.8, 4) is 0 Å². The van der Waals surface area contributed by atoms with Crippen LogP contribution in [0.25, 0.3) is 0 Å². The number of nitrogens with zero attached hydrogens (tertiary/aromatic N) is 1. The molecule has 0 bridgehead atoms. The second-order valence-corrected chi connectivity index (χ2v) is 3.27. The van der Waals surface area contributed by atoms with E-state index in [1.165, 1.54) is 18.5 Å². The van der Waals surface area contributed by atoms with Crippen molar-refractivity contribution in [3.63, 3.8) is 0 Å². The summed E-state index contributed by atoms with van der Waals surface area (Å²) in [7, 11) is 0. The predicted octanol–water partition coefficient (Wildman–Crippen LogP) is 1.28. The van der Waals surface area contributed by atoms with E-state index in [9.17, 15) is 9.59 Å². The Morgan fingerprint density at radius 2 is 2.06 bits per heavy atom. The van der Waals surface area contributed by atoms with E-state index in [0.717, 1.165) is 0 Å². The van der Waals surface area contributed by atoms with Gasteiger partial charge in [0.25, 0.3) is 5.91 Å². The molecule has 0 radical (unpaired) electrons. The van der Waals surface area contributed by atoms with Crippen LogP contribution in [0.15, 0.2) is 36.3 Å². The lowest BCUT2D eigenvalue weighted by molar-refractivity contribution is -0.137. The second-order valence-electron chi connectivity index (χ2n) is 3.27. The lowest BCUT2D eigenvalue weighted by Crippen LogP contribution is -2.22. The van der Waals surface area contributed by atoms with Gasteiger partial charge in [-0.1, -0.05) is 0 Å². The Bertz CT molecular complexity index is 427. The predicted molar refractivity (Wildman–Crippen MR) is 62.1 cm³/mol. The summed E-state index contributed by atoms with van der Waals surface area (Å²) in [6, 6.07) is 3.18. The number of amides is 1. The summed E-state index contributed by atoms with van der Waals surface area (Å²) in [6.45, 7) is 3.65. The molecule has 0 saturated carbocycles. The number of carbonyl (C=O) groups excluding carboxylic acids is 2. The lowest BCUT2D eigenvalue weighted by atomic mass is 10.2. The maximum Gasteiger partial charge on any atom is 0.332 e. The van der Waals surface area contributed by atoms with Crippen LogP contribution in [0.2, 0.25) is 0 Å². The van der Waals surface area contributed by atoms with Crippen LogP contribution < -0.4 is 5.32 Å². The zero-order chi connectivity index (χ0) is 12.7. The van der Waals surface area contributed by atoms with E-state index in [2.05, 4.69) is 10.3 Å². The van der Waals surface area contributed by atoms with Gasteiger partial charge in [0, 0.05) is 29.7 Å². The lowest BCUT2D eigenvalue weighted by Gasteiger charge is -2.04. The Kier molecular flexibility index (Phi) is 4.87. The number of ether oxygens (including phenoxy) is 1. The first-order valence-corrected chi connectivity index (χ1v) is 5.20. The van der Waals surface area contributed by atoms with Gasteiger partial charge in [-0.15, -0.1) is 0 Å². The first kappa shape index (κ1) is 12.9. The SMILES string of the molecule is CCOC(=O)/C=C(\C)NC(=O)c1ccncc1. The molecular formula is C12H14N2O3. The van der Waals surface area contributed by atoms with Crippen molar-refractivity contribution in [2.45, 2.75) is 13.8 Å². The van der Waals surface area contributed by atoms with E-state index in [0.29, 0.717) is 17.9 Å². The van der Waals surface area contributed by atoms with E-state index in [4.69, 9.17) is 4.74 Å². The fraction of sp³-hybridized carbons (Fsp3) is 0.250. The van der Waals surface area contributed by atoms with Gasteiger partial charge >= 0.3 is 5.97 Å². The average Bonchev–Trinajstić information content (AvgIpc) is 2.30. The molecule has 1 rings (SSSR count). The van der Waals surface area contributed by atoms with E-state index < -0.39 is 5.97 Å². The maximum absolute atomic E-state index is 11.7. The summed E-state index contributed by atoms with van der Waals surface area (Å²) in [5.41, 5.74) is 0.918. The molecule has 0 saturated heterocycles. The minimum atomic E-state index is -0.472. The number of aromatic nitrogens is 1. The standard InChI is InChI=1S/C12H14N2O3/c1-3-17-11(15)8-9(2)14-12(16)10-4-6-13-7-5-10/h4-8H,3H2,1-2H3,(H,14,16)/b9-8+. The smallest absolute Gasteiger partial charge is 0.332 e. The third kappa shape index (κ3) is 4.46. The molecule has 1 N–H and O–H groups in total. The summed E-state index contributed by atoms with van der Waals surface area (Å²) < 4.78 is 4.72. The number of nitrogens with one attached hydrogen (secondary N) is 1. The Labute approximate surface area is 99.5 Å². The molecule has 0 spiro atoms. The molecule has 90 valence electrons. The van der Waals surface area contributed by atoms with Gasteiger partial charge in [0.2, 0.25) is 0 Å². The van der Waals surface area contributed by atoms with Gasteiger partial charge < -0.3 is 10.1 Å². The van der Waals surface area contributed by atoms with Gasteiger partial charge in [0.05, 0.1) is 6.61 Å². The van der Waals surface area contributed by atoms with Gasteiger partial charge in [-0.25, -0.2) is 4.79 Å². The molecule has 5 heteroatoms. The van der Waals surface area contributed by atoms with E-state index in [-0.39, 0.29) is 5.91 Å². The molecule has 0 fully saturated rings. The van der Waals surface area contributed by atoms with Crippen molar-refractivity contribution < 1.29 is 14.3 Å². The van der Waals surface area contributed by atoms with Crippen LogP contribution in [0.4, 0.5) is 0 Å². The first-order valence-electron chi connectivity index (χ1n) is 5.20. The first-order chi connectivity index (χ1) is 8.13. The Morgan fingerprint density at radius 1 is 1.41 bits per heavy atom. The molecule has 1 aromatic rings. The van der Waals surface area contributed by atoms with Crippen LogP contribution in [-0.4, -0.2) is 23.5 Å². The fourth-order valence-electron chi connectivity index (χ4n) is 1.15. The third-order valence-electron chi connectivity index (χ3n) is 1.87. The van der Waals surface area contributed by atoms with E-state index >= 15 is 0 Å². The molecule has 0 aliphatic heterocycles. The number of allylic oxidation sites excluding steroid dienone is 1. The number of hydrogen-bond acceptors (Lipinski definition) is 4. The fourth-order valence-corrected chi connectivity index (χ4v) is 1.15. The maximum atomic E-state index is 11.7. The van der Waals surface area contributed by atoms with Gasteiger partial charge in [-0.3, -0.25) is 9.78 Å². The second kappa shape index (κ2) is 6.42. The Balaban J connectivity index is 2.60. The number of hydrogen-bond donors (Lipinski definition) is 1. The van der Waals surface area contributed by atoms with E-state index in [1.54, 1.807) is 26.0 Å². The van der Waals surface area contributed by atoms with Gasteiger partial charge in [-0.05, 0) is 26.0 Å². The molecule has 1 aromatic heterocycles. The van der Waals surface area contributed by atoms with Gasteiger partial charge in [0.15, 0.2) is 0 Å². The van der Waals surface area contributed by atoms with Crippen molar-refractivity contribution in [2.24, 2.45) is 0 Å². The highest BCUT2D eigenvalue weighted by Crippen LogP contribution is 1.98. The van der Waals surface area contributed by atoms with Crippen molar-refractivity contribution in [3.05, 3.63) is 41.9 Å². The van der Waals surface area contributed by atoms with Crippen LogP contribution in [0.1, 0.15) is 24.2 Å². The summed E-state index contributed by atoms with van der Waals surface area (Å²) >= 11 is 0. The van der Waals surface area contributed by atoms with Crippen molar-refractivity contribution in [1.29, 1.82) is 0 Å². The number of pyridine rings is 1. The molecule has 0 atom stereocenters. The monoisotopic (exact) mass is 234 g/mol.